The third-order valence-corrected chi connectivity index (χ3v) is 5.04. The van der Waals surface area contributed by atoms with Crippen molar-refractivity contribution in [2.45, 2.75) is 51.4 Å². The summed E-state index contributed by atoms with van der Waals surface area (Å²) in [7, 11) is 0. The molecule has 0 saturated carbocycles. The van der Waals surface area contributed by atoms with E-state index in [0.717, 1.165) is 29.7 Å². The molecule has 1 nitrogen and oxygen atoms in total. The standard InChI is InChI=1S/C15H18OS/c16-15(11-6-4-5-7-11)14-10-12-8-2-1-3-9-13(12)17-14/h6,10H,1-5,7-9H2. The maximum atomic E-state index is 12.3. The zero-order valence-corrected chi connectivity index (χ0v) is 10.9. The predicted molar refractivity (Wildman–Crippen MR) is 71.8 cm³/mol. The Morgan fingerprint density at radius 2 is 1.94 bits per heavy atom. The number of carbonyl (C=O) groups excluding carboxylic acids is 1. The van der Waals surface area contributed by atoms with Crippen LogP contribution in [0.25, 0.3) is 0 Å². The first kappa shape index (κ1) is 11.2. The first-order valence-corrected chi connectivity index (χ1v) is 7.51. The highest BCUT2D eigenvalue weighted by Gasteiger charge is 2.20. The molecule has 2 heteroatoms. The fraction of sp³-hybridized carbons (Fsp3) is 0.533. The minimum Gasteiger partial charge on any atom is -0.288 e. The summed E-state index contributed by atoms with van der Waals surface area (Å²) in [6, 6.07) is 2.17. The Morgan fingerprint density at radius 3 is 2.76 bits per heavy atom. The van der Waals surface area contributed by atoms with Gasteiger partial charge in [0.2, 0.25) is 0 Å². The van der Waals surface area contributed by atoms with E-state index in [4.69, 9.17) is 0 Å². The lowest BCUT2D eigenvalue weighted by atomic mass is 10.1. The van der Waals surface area contributed by atoms with Crippen molar-refractivity contribution in [3.05, 3.63) is 33.0 Å². The fourth-order valence-corrected chi connectivity index (χ4v) is 4.04. The highest BCUT2D eigenvalue weighted by Crippen LogP contribution is 2.32. The van der Waals surface area contributed by atoms with E-state index in [2.05, 4.69) is 12.1 Å². The van der Waals surface area contributed by atoms with Crippen LogP contribution in [0.1, 0.15) is 58.6 Å². The number of rotatable bonds is 2. The van der Waals surface area contributed by atoms with Crippen LogP contribution in [0.4, 0.5) is 0 Å². The monoisotopic (exact) mass is 246 g/mol. The average molecular weight is 246 g/mol. The van der Waals surface area contributed by atoms with Crippen molar-refractivity contribution in [2.24, 2.45) is 0 Å². The van der Waals surface area contributed by atoms with E-state index in [9.17, 15) is 4.79 Å². The number of allylic oxidation sites excluding steroid dienone is 2. The molecule has 3 rings (SSSR count). The van der Waals surface area contributed by atoms with Gasteiger partial charge >= 0.3 is 0 Å². The Kier molecular flexibility index (Phi) is 3.15. The number of thiophene rings is 1. The van der Waals surface area contributed by atoms with Gasteiger partial charge in [0.25, 0.3) is 0 Å². The number of aryl methyl sites for hydroxylation is 2. The minimum atomic E-state index is 0.306. The maximum absolute atomic E-state index is 12.3. The highest BCUT2D eigenvalue weighted by molar-refractivity contribution is 7.14. The topological polar surface area (TPSA) is 17.1 Å². The summed E-state index contributed by atoms with van der Waals surface area (Å²) in [6.07, 6.45) is 11.7. The van der Waals surface area contributed by atoms with Gasteiger partial charge in [0, 0.05) is 4.88 Å². The van der Waals surface area contributed by atoms with Crippen molar-refractivity contribution < 1.29 is 4.79 Å². The molecule has 0 aliphatic heterocycles. The van der Waals surface area contributed by atoms with Crippen LogP contribution in [-0.4, -0.2) is 5.78 Å². The van der Waals surface area contributed by atoms with E-state index >= 15 is 0 Å². The summed E-state index contributed by atoms with van der Waals surface area (Å²) in [6.45, 7) is 0. The van der Waals surface area contributed by atoms with Gasteiger partial charge in [-0.15, -0.1) is 11.3 Å². The number of Topliss-reactive ketones (excluding diaryl/α,β-unsaturated/α-hetero) is 1. The third-order valence-electron chi connectivity index (χ3n) is 3.80. The van der Waals surface area contributed by atoms with E-state index in [1.165, 1.54) is 42.5 Å². The molecule has 0 aromatic carbocycles. The van der Waals surface area contributed by atoms with Gasteiger partial charge in [-0.25, -0.2) is 0 Å². The summed E-state index contributed by atoms with van der Waals surface area (Å²) < 4.78 is 0. The molecule has 0 fully saturated rings. The molecule has 0 spiro atoms. The summed E-state index contributed by atoms with van der Waals surface area (Å²) in [5.41, 5.74) is 2.51. The largest absolute Gasteiger partial charge is 0.288 e. The van der Waals surface area contributed by atoms with Gasteiger partial charge in [0.15, 0.2) is 5.78 Å². The minimum absolute atomic E-state index is 0.306. The van der Waals surface area contributed by atoms with Gasteiger partial charge in [-0.3, -0.25) is 4.79 Å². The van der Waals surface area contributed by atoms with E-state index in [1.807, 2.05) is 0 Å². The first-order valence-electron chi connectivity index (χ1n) is 6.70. The molecule has 2 aliphatic rings. The zero-order chi connectivity index (χ0) is 11.7. The van der Waals surface area contributed by atoms with Crippen LogP contribution in [-0.2, 0) is 12.8 Å². The van der Waals surface area contributed by atoms with Crippen molar-refractivity contribution in [3.8, 4) is 0 Å². The molecule has 90 valence electrons. The molecule has 17 heavy (non-hydrogen) atoms. The Morgan fingerprint density at radius 1 is 1.06 bits per heavy atom. The van der Waals surface area contributed by atoms with Crippen LogP contribution >= 0.6 is 11.3 Å². The Bertz CT molecular complexity index is 444. The summed E-state index contributed by atoms with van der Waals surface area (Å²) in [4.78, 5) is 14.8. The van der Waals surface area contributed by atoms with Crippen molar-refractivity contribution in [2.75, 3.05) is 0 Å². The smallest absolute Gasteiger partial charge is 0.198 e. The molecule has 0 atom stereocenters. The maximum Gasteiger partial charge on any atom is 0.198 e. The van der Waals surface area contributed by atoms with Crippen molar-refractivity contribution in [1.82, 2.24) is 0 Å². The second-order valence-electron chi connectivity index (χ2n) is 5.07. The van der Waals surface area contributed by atoms with Gasteiger partial charge in [0.1, 0.15) is 0 Å². The van der Waals surface area contributed by atoms with E-state index in [0.29, 0.717) is 5.78 Å². The fourth-order valence-electron chi connectivity index (χ4n) is 2.81. The van der Waals surface area contributed by atoms with E-state index in [-0.39, 0.29) is 0 Å². The molecular formula is C15H18OS. The van der Waals surface area contributed by atoms with E-state index < -0.39 is 0 Å². The number of hydrogen-bond acceptors (Lipinski definition) is 2. The molecule has 1 aromatic rings. The molecule has 0 bridgehead atoms. The number of carbonyl (C=O) groups is 1. The summed E-state index contributed by atoms with van der Waals surface area (Å²) in [5.74, 6) is 0.306. The zero-order valence-electron chi connectivity index (χ0n) is 10.1. The van der Waals surface area contributed by atoms with Gasteiger partial charge in [0.05, 0.1) is 4.88 Å². The van der Waals surface area contributed by atoms with Crippen LogP contribution in [0.2, 0.25) is 0 Å². The molecule has 1 heterocycles. The lowest BCUT2D eigenvalue weighted by molar-refractivity contribution is 0.103. The van der Waals surface area contributed by atoms with Crippen molar-refractivity contribution in [1.29, 1.82) is 0 Å². The Labute approximate surface area is 107 Å². The lowest BCUT2D eigenvalue weighted by Gasteiger charge is -1.97. The van der Waals surface area contributed by atoms with Crippen LogP contribution < -0.4 is 0 Å². The summed E-state index contributed by atoms with van der Waals surface area (Å²) >= 11 is 1.75. The molecular weight excluding hydrogens is 228 g/mol. The van der Waals surface area contributed by atoms with Gasteiger partial charge in [-0.2, -0.15) is 0 Å². The van der Waals surface area contributed by atoms with Crippen molar-refractivity contribution in [3.63, 3.8) is 0 Å². The normalized spacial score (nSPS) is 19.6. The molecule has 0 radical (unpaired) electrons. The molecule has 0 N–H and O–H groups in total. The van der Waals surface area contributed by atoms with Crippen LogP contribution in [0.5, 0.6) is 0 Å². The molecule has 0 unspecified atom stereocenters. The van der Waals surface area contributed by atoms with Crippen molar-refractivity contribution >= 4 is 17.1 Å². The Hall–Kier alpha value is -0.890. The van der Waals surface area contributed by atoms with Gasteiger partial charge in [-0.1, -0.05) is 12.5 Å². The number of hydrogen-bond donors (Lipinski definition) is 0. The summed E-state index contributed by atoms with van der Waals surface area (Å²) in [5, 5.41) is 0. The average Bonchev–Trinajstić information content (AvgIpc) is 2.95. The van der Waals surface area contributed by atoms with Crippen LogP contribution in [0, 0.1) is 0 Å². The quantitative estimate of drug-likeness (QED) is 0.561. The van der Waals surface area contributed by atoms with Gasteiger partial charge < -0.3 is 0 Å². The lowest BCUT2D eigenvalue weighted by Crippen LogP contribution is -1.98. The first-order chi connectivity index (χ1) is 8.34. The molecule has 0 amide bonds. The number of fused-ring (bicyclic) bond motifs is 1. The molecule has 0 saturated heterocycles. The SMILES string of the molecule is O=C(C1=CCCC1)c1cc2c(s1)CCCCC2. The van der Waals surface area contributed by atoms with E-state index in [1.54, 1.807) is 11.3 Å². The molecule has 2 aliphatic carbocycles. The second-order valence-corrected chi connectivity index (χ2v) is 6.21. The van der Waals surface area contributed by atoms with Crippen LogP contribution in [0.3, 0.4) is 0 Å². The highest BCUT2D eigenvalue weighted by atomic mass is 32.1. The predicted octanol–water partition coefficient (Wildman–Crippen LogP) is 4.31. The Balaban J connectivity index is 1.86. The number of ketones is 1. The second kappa shape index (κ2) is 4.77. The van der Waals surface area contributed by atoms with Crippen LogP contribution in [0.15, 0.2) is 17.7 Å². The molecule has 1 aromatic heterocycles. The third kappa shape index (κ3) is 2.23. The van der Waals surface area contributed by atoms with Gasteiger partial charge in [-0.05, 0) is 62.1 Å².